The van der Waals surface area contributed by atoms with E-state index in [2.05, 4.69) is 10.3 Å². The molecule has 20 heavy (non-hydrogen) atoms. The Morgan fingerprint density at radius 1 is 1.35 bits per heavy atom. The lowest BCUT2D eigenvalue weighted by molar-refractivity contribution is 0.102. The molecule has 0 aliphatic rings. The van der Waals surface area contributed by atoms with Crippen molar-refractivity contribution in [2.45, 2.75) is 6.92 Å². The zero-order valence-corrected chi connectivity index (χ0v) is 11.7. The van der Waals surface area contributed by atoms with Crippen molar-refractivity contribution >= 4 is 23.2 Å². The lowest BCUT2D eigenvalue weighted by Gasteiger charge is -2.09. The van der Waals surface area contributed by atoms with E-state index in [4.69, 9.17) is 16.3 Å². The molecule has 1 amide bonds. The van der Waals surface area contributed by atoms with Gasteiger partial charge in [0.2, 0.25) is 0 Å². The maximum atomic E-state index is 13.8. The van der Waals surface area contributed by atoms with Crippen molar-refractivity contribution in [3.8, 4) is 5.75 Å². The predicted octanol–water partition coefficient (Wildman–Crippen LogP) is 3.44. The minimum Gasteiger partial charge on any atom is -0.497 e. The topological polar surface area (TPSA) is 51.2 Å². The second-order valence-electron chi connectivity index (χ2n) is 4.07. The summed E-state index contributed by atoms with van der Waals surface area (Å²) in [6.45, 7) is 1.70. The Bertz CT molecular complexity index is 662. The van der Waals surface area contributed by atoms with Gasteiger partial charge in [-0.3, -0.25) is 4.79 Å². The Morgan fingerprint density at radius 3 is 2.70 bits per heavy atom. The summed E-state index contributed by atoms with van der Waals surface area (Å²) in [5.41, 5.74) is 0.967. The third-order valence-corrected chi connectivity index (χ3v) is 2.93. The third kappa shape index (κ3) is 3.05. The Morgan fingerprint density at radius 2 is 2.10 bits per heavy atom. The number of aryl methyl sites for hydroxylation is 1. The van der Waals surface area contributed by atoms with Gasteiger partial charge in [-0.15, -0.1) is 0 Å². The predicted molar refractivity (Wildman–Crippen MR) is 74.9 cm³/mol. The summed E-state index contributed by atoms with van der Waals surface area (Å²) in [6.07, 6.45) is 0. The molecule has 0 bridgehead atoms. The summed E-state index contributed by atoms with van der Waals surface area (Å²) in [5.74, 6) is -0.859. The Hall–Kier alpha value is -2.14. The minimum absolute atomic E-state index is 0.0693. The van der Waals surface area contributed by atoms with E-state index in [1.807, 2.05) is 0 Å². The van der Waals surface area contributed by atoms with Gasteiger partial charge >= 0.3 is 0 Å². The van der Waals surface area contributed by atoms with Crippen LogP contribution in [0.3, 0.4) is 0 Å². The molecule has 0 unspecified atom stereocenters. The van der Waals surface area contributed by atoms with Gasteiger partial charge in [0.1, 0.15) is 16.7 Å². The van der Waals surface area contributed by atoms with Crippen molar-refractivity contribution in [3.63, 3.8) is 0 Å². The number of benzene rings is 1. The molecular formula is C14H12ClFN2O2. The number of nitrogens with one attached hydrogen (secondary N) is 1. The molecule has 104 valence electrons. The van der Waals surface area contributed by atoms with Gasteiger partial charge in [0.05, 0.1) is 24.1 Å². The van der Waals surface area contributed by atoms with Crippen LogP contribution in [0.15, 0.2) is 30.3 Å². The lowest BCUT2D eigenvalue weighted by atomic mass is 10.2. The molecule has 1 aromatic carbocycles. The molecule has 2 rings (SSSR count). The highest BCUT2D eigenvalue weighted by atomic mass is 35.5. The molecule has 0 atom stereocenters. The summed E-state index contributed by atoms with van der Waals surface area (Å²) in [6, 6.07) is 7.20. The Kier molecular flexibility index (Phi) is 4.20. The zero-order chi connectivity index (χ0) is 14.7. The zero-order valence-electron chi connectivity index (χ0n) is 10.9. The molecular weight excluding hydrogens is 283 g/mol. The van der Waals surface area contributed by atoms with Crippen LogP contribution in [-0.4, -0.2) is 18.0 Å². The number of anilines is 1. The molecule has 6 heteroatoms. The summed E-state index contributed by atoms with van der Waals surface area (Å²) in [7, 11) is 1.43. The van der Waals surface area contributed by atoms with Gasteiger partial charge in [-0.05, 0) is 31.2 Å². The summed E-state index contributed by atoms with van der Waals surface area (Å²) >= 11 is 5.73. The maximum Gasteiger partial charge on any atom is 0.258 e. The molecule has 4 nitrogen and oxygen atoms in total. The van der Waals surface area contributed by atoms with E-state index >= 15 is 0 Å². The number of pyridine rings is 1. The molecule has 0 aliphatic carbocycles. The largest absolute Gasteiger partial charge is 0.497 e. The number of hydrogen-bond donors (Lipinski definition) is 1. The second kappa shape index (κ2) is 5.88. The number of ether oxygens (including phenoxy) is 1. The third-order valence-electron chi connectivity index (χ3n) is 2.72. The van der Waals surface area contributed by atoms with Gasteiger partial charge in [0.15, 0.2) is 0 Å². The molecule has 0 saturated heterocycles. The first-order chi connectivity index (χ1) is 9.51. The monoisotopic (exact) mass is 294 g/mol. The van der Waals surface area contributed by atoms with Crippen molar-refractivity contribution in [2.75, 3.05) is 12.4 Å². The molecule has 2 aromatic rings. The van der Waals surface area contributed by atoms with Crippen LogP contribution in [0.2, 0.25) is 5.15 Å². The van der Waals surface area contributed by atoms with Gasteiger partial charge in [0, 0.05) is 6.07 Å². The fourth-order valence-corrected chi connectivity index (χ4v) is 1.85. The van der Waals surface area contributed by atoms with Crippen LogP contribution in [0.5, 0.6) is 5.75 Å². The number of amides is 1. The van der Waals surface area contributed by atoms with E-state index in [-0.39, 0.29) is 5.56 Å². The first-order valence-corrected chi connectivity index (χ1v) is 6.17. The highest BCUT2D eigenvalue weighted by molar-refractivity contribution is 6.29. The van der Waals surface area contributed by atoms with Gasteiger partial charge in [-0.25, -0.2) is 9.37 Å². The van der Waals surface area contributed by atoms with E-state index in [9.17, 15) is 9.18 Å². The van der Waals surface area contributed by atoms with E-state index in [0.717, 1.165) is 6.07 Å². The number of halogens is 2. The number of methoxy groups -OCH3 is 1. The fraction of sp³-hybridized carbons (Fsp3) is 0.143. The first kappa shape index (κ1) is 14.3. The second-order valence-corrected chi connectivity index (χ2v) is 4.45. The van der Waals surface area contributed by atoms with Gasteiger partial charge < -0.3 is 10.1 Å². The smallest absolute Gasteiger partial charge is 0.258 e. The number of carbonyl (C=O) groups excluding carboxylic acids is 1. The molecule has 1 N–H and O–H groups in total. The number of aromatic nitrogens is 1. The van der Waals surface area contributed by atoms with Crippen LogP contribution in [0, 0.1) is 12.7 Å². The number of rotatable bonds is 3. The molecule has 0 saturated carbocycles. The van der Waals surface area contributed by atoms with Crippen molar-refractivity contribution in [2.24, 2.45) is 0 Å². The highest BCUT2D eigenvalue weighted by Gasteiger charge is 2.14. The Balaban J connectivity index is 2.24. The fourth-order valence-electron chi connectivity index (χ4n) is 1.66. The normalized spacial score (nSPS) is 10.2. The van der Waals surface area contributed by atoms with Crippen LogP contribution in [-0.2, 0) is 0 Å². The van der Waals surface area contributed by atoms with E-state index in [0.29, 0.717) is 22.3 Å². The van der Waals surface area contributed by atoms with E-state index in [1.165, 1.54) is 19.2 Å². The molecule has 0 spiro atoms. The number of carbonyl (C=O) groups is 1. The van der Waals surface area contributed by atoms with Crippen LogP contribution >= 0.6 is 11.6 Å². The number of hydrogen-bond acceptors (Lipinski definition) is 3. The van der Waals surface area contributed by atoms with Crippen LogP contribution in [0.4, 0.5) is 10.1 Å². The van der Waals surface area contributed by atoms with Crippen molar-refractivity contribution in [3.05, 3.63) is 52.6 Å². The van der Waals surface area contributed by atoms with Crippen molar-refractivity contribution in [1.82, 2.24) is 4.98 Å². The average Bonchev–Trinajstić information content (AvgIpc) is 2.41. The summed E-state index contributed by atoms with van der Waals surface area (Å²) in [4.78, 5) is 16.0. The number of nitrogens with zero attached hydrogens (tertiary/aromatic N) is 1. The molecule has 1 heterocycles. The van der Waals surface area contributed by atoms with Gasteiger partial charge in [0.25, 0.3) is 5.91 Å². The molecule has 0 fully saturated rings. The lowest BCUT2D eigenvalue weighted by Crippen LogP contribution is -2.15. The summed E-state index contributed by atoms with van der Waals surface area (Å²) < 4.78 is 18.7. The first-order valence-electron chi connectivity index (χ1n) is 5.79. The van der Waals surface area contributed by atoms with Crippen LogP contribution in [0.1, 0.15) is 16.1 Å². The van der Waals surface area contributed by atoms with Crippen molar-refractivity contribution < 1.29 is 13.9 Å². The molecule has 0 aliphatic heterocycles. The SMILES string of the molecule is COc1ccc(C(=O)Nc2ccc(Cl)nc2C)c(F)c1. The standard InChI is InChI=1S/C14H12ClFN2O2/c1-8-12(5-6-13(15)17-8)18-14(19)10-4-3-9(20-2)7-11(10)16/h3-7H,1-2H3,(H,18,19). The minimum atomic E-state index is -0.651. The van der Waals surface area contributed by atoms with Crippen LogP contribution in [0.25, 0.3) is 0 Å². The van der Waals surface area contributed by atoms with Crippen LogP contribution < -0.4 is 10.1 Å². The van der Waals surface area contributed by atoms with Gasteiger partial charge in [-0.2, -0.15) is 0 Å². The molecule has 0 radical (unpaired) electrons. The van der Waals surface area contributed by atoms with E-state index in [1.54, 1.807) is 19.1 Å². The van der Waals surface area contributed by atoms with Crippen molar-refractivity contribution in [1.29, 1.82) is 0 Å². The van der Waals surface area contributed by atoms with Gasteiger partial charge in [-0.1, -0.05) is 11.6 Å². The molecule has 1 aromatic heterocycles. The Labute approximate surface area is 120 Å². The maximum absolute atomic E-state index is 13.8. The van der Waals surface area contributed by atoms with E-state index < -0.39 is 11.7 Å². The summed E-state index contributed by atoms with van der Waals surface area (Å²) in [5, 5.41) is 2.92. The quantitative estimate of drug-likeness (QED) is 0.882. The highest BCUT2D eigenvalue weighted by Crippen LogP contribution is 2.20. The average molecular weight is 295 g/mol.